The molecule has 0 atom stereocenters. The van der Waals surface area contributed by atoms with Gasteiger partial charge in [0.15, 0.2) is 0 Å². The average Bonchev–Trinajstić information content (AvgIpc) is 2.50. The summed E-state index contributed by atoms with van der Waals surface area (Å²) in [6.45, 7) is 6.85. The molecule has 0 N–H and O–H groups in total. The number of hydrogen-bond acceptors (Lipinski definition) is 1. The van der Waals surface area contributed by atoms with Gasteiger partial charge in [0.25, 0.3) is 0 Å². The summed E-state index contributed by atoms with van der Waals surface area (Å²) in [6, 6.07) is 8.12. The van der Waals surface area contributed by atoms with Crippen LogP contribution in [0.4, 0.5) is 0 Å². The van der Waals surface area contributed by atoms with Gasteiger partial charge >= 0.3 is 0 Å². The van der Waals surface area contributed by atoms with Crippen molar-refractivity contribution in [2.75, 3.05) is 6.61 Å². The molecule has 0 aliphatic rings. The molecule has 0 fully saturated rings. The van der Waals surface area contributed by atoms with Crippen molar-refractivity contribution in [1.29, 1.82) is 0 Å². The second-order valence-corrected chi connectivity index (χ2v) is 5.45. The smallest absolute Gasteiger partial charge is 0.119 e. The first kappa shape index (κ1) is 16.8. The van der Waals surface area contributed by atoms with Crippen molar-refractivity contribution in [1.82, 2.24) is 0 Å². The molecule has 0 saturated carbocycles. The zero-order valence-corrected chi connectivity index (χ0v) is 13.1. The Hall–Kier alpha value is -1.24. The van der Waals surface area contributed by atoms with Gasteiger partial charge < -0.3 is 4.74 Å². The highest BCUT2D eigenvalue weighted by atomic mass is 16.5. The minimum Gasteiger partial charge on any atom is -0.494 e. The van der Waals surface area contributed by atoms with E-state index in [1.165, 1.54) is 51.4 Å². The standard InChI is InChI=1S/C19H30O/c1-3-5-6-7-8-9-10-11-12-17-20-19-15-13-18(4-2)14-16-19/h4,13-16H,2-3,5-12,17H2,1H3. The maximum atomic E-state index is 5.73. The molecule has 0 heterocycles. The van der Waals surface area contributed by atoms with E-state index in [-0.39, 0.29) is 0 Å². The molecule has 1 rings (SSSR count). The fourth-order valence-electron chi connectivity index (χ4n) is 2.30. The van der Waals surface area contributed by atoms with Crippen LogP contribution in [-0.2, 0) is 0 Å². The Morgan fingerprint density at radius 3 is 1.95 bits per heavy atom. The SMILES string of the molecule is C=Cc1ccc(OCCCCCCCCCCC)cc1. The highest BCUT2D eigenvalue weighted by Crippen LogP contribution is 2.14. The quantitative estimate of drug-likeness (QED) is 0.410. The van der Waals surface area contributed by atoms with Crippen molar-refractivity contribution >= 4 is 6.08 Å². The first-order chi connectivity index (χ1) is 9.86. The first-order valence-corrected chi connectivity index (χ1v) is 8.22. The summed E-state index contributed by atoms with van der Waals surface area (Å²) in [5.41, 5.74) is 1.14. The Morgan fingerprint density at radius 2 is 1.40 bits per heavy atom. The summed E-state index contributed by atoms with van der Waals surface area (Å²) in [7, 11) is 0. The van der Waals surface area contributed by atoms with E-state index in [0.29, 0.717) is 0 Å². The molecule has 20 heavy (non-hydrogen) atoms. The van der Waals surface area contributed by atoms with E-state index in [4.69, 9.17) is 4.74 Å². The van der Waals surface area contributed by atoms with Gasteiger partial charge in [0, 0.05) is 0 Å². The fraction of sp³-hybridized carbons (Fsp3) is 0.579. The monoisotopic (exact) mass is 274 g/mol. The molecule has 0 spiro atoms. The number of ether oxygens (including phenoxy) is 1. The summed E-state index contributed by atoms with van der Waals surface area (Å²) in [6.07, 6.45) is 14.0. The molecule has 0 aliphatic heterocycles. The Morgan fingerprint density at radius 1 is 0.850 bits per heavy atom. The second-order valence-electron chi connectivity index (χ2n) is 5.45. The van der Waals surface area contributed by atoms with Crippen molar-refractivity contribution in [3.8, 4) is 5.75 Å². The van der Waals surface area contributed by atoms with Gasteiger partial charge in [-0.3, -0.25) is 0 Å². The number of hydrogen-bond donors (Lipinski definition) is 0. The fourth-order valence-corrected chi connectivity index (χ4v) is 2.30. The summed E-state index contributed by atoms with van der Waals surface area (Å²) in [5.74, 6) is 0.968. The number of benzene rings is 1. The van der Waals surface area contributed by atoms with E-state index >= 15 is 0 Å². The summed E-state index contributed by atoms with van der Waals surface area (Å²) >= 11 is 0. The van der Waals surface area contributed by atoms with Crippen LogP contribution >= 0.6 is 0 Å². The predicted octanol–water partition coefficient (Wildman–Crippen LogP) is 6.24. The lowest BCUT2D eigenvalue weighted by Crippen LogP contribution is -1.97. The van der Waals surface area contributed by atoms with Gasteiger partial charge in [-0.1, -0.05) is 83.1 Å². The van der Waals surface area contributed by atoms with Crippen molar-refractivity contribution < 1.29 is 4.74 Å². The topological polar surface area (TPSA) is 9.23 Å². The molecular weight excluding hydrogens is 244 g/mol. The Balaban J connectivity index is 1.92. The van der Waals surface area contributed by atoms with Crippen molar-refractivity contribution in [3.63, 3.8) is 0 Å². The van der Waals surface area contributed by atoms with Crippen LogP contribution in [0, 0.1) is 0 Å². The van der Waals surface area contributed by atoms with Gasteiger partial charge in [-0.25, -0.2) is 0 Å². The molecule has 1 nitrogen and oxygen atoms in total. The van der Waals surface area contributed by atoms with E-state index in [9.17, 15) is 0 Å². The highest BCUT2D eigenvalue weighted by Gasteiger charge is 1.95. The highest BCUT2D eigenvalue weighted by molar-refractivity contribution is 5.48. The van der Waals surface area contributed by atoms with E-state index < -0.39 is 0 Å². The van der Waals surface area contributed by atoms with E-state index in [1.807, 2.05) is 30.3 Å². The molecule has 0 radical (unpaired) electrons. The van der Waals surface area contributed by atoms with Crippen LogP contribution in [0.15, 0.2) is 30.8 Å². The third-order valence-corrected chi connectivity index (χ3v) is 3.63. The minimum absolute atomic E-state index is 0.837. The van der Waals surface area contributed by atoms with Crippen molar-refractivity contribution in [2.45, 2.75) is 64.7 Å². The molecule has 1 aromatic rings. The predicted molar refractivity (Wildman–Crippen MR) is 89.3 cm³/mol. The Kier molecular flexibility index (Phi) is 9.73. The minimum atomic E-state index is 0.837. The second kappa shape index (κ2) is 11.6. The van der Waals surface area contributed by atoms with Gasteiger partial charge in [0.1, 0.15) is 5.75 Å². The molecule has 0 bridgehead atoms. The van der Waals surface area contributed by atoms with Gasteiger partial charge in [-0.05, 0) is 24.1 Å². The van der Waals surface area contributed by atoms with Crippen LogP contribution in [0.3, 0.4) is 0 Å². The molecule has 112 valence electrons. The number of rotatable bonds is 12. The van der Waals surface area contributed by atoms with Gasteiger partial charge in [-0.15, -0.1) is 0 Å². The largest absolute Gasteiger partial charge is 0.494 e. The lowest BCUT2D eigenvalue weighted by molar-refractivity contribution is 0.304. The average molecular weight is 274 g/mol. The third kappa shape index (κ3) is 8.04. The van der Waals surface area contributed by atoms with E-state index in [2.05, 4.69) is 13.5 Å². The van der Waals surface area contributed by atoms with E-state index in [1.54, 1.807) is 0 Å². The van der Waals surface area contributed by atoms with Crippen LogP contribution < -0.4 is 4.74 Å². The van der Waals surface area contributed by atoms with Crippen molar-refractivity contribution in [2.24, 2.45) is 0 Å². The Labute approximate surface area is 125 Å². The molecule has 0 aliphatic carbocycles. The molecular formula is C19H30O. The van der Waals surface area contributed by atoms with Crippen LogP contribution in [0.2, 0.25) is 0 Å². The molecule has 0 aromatic heterocycles. The zero-order valence-electron chi connectivity index (χ0n) is 13.1. The van der Waals surface area contributed by atoms with Crippen LogP contribution in [0.1, 0.15) is 70.3 Å². The van der Waals surface area contributed by atoms with Gasteiger partial charge in [-0.2, -0.15) is 0 Å². The molecule has 1 aromatic carbocycles. The number of unbranched alkanes of at least 4 members (excludes halogenated alkanes) is 8. The third-order valence-electron chi connectivity index (χ3n) is 3.63. The van der Waals surface area contributed by atoms with Crippen LogP contribution in [0.5, 0.6) is 5.75 Å². The lowest BCUT2D eigenvalue weighted by atomic mass is 10.1. The zero-order chi connectivity index (χ0) is 14.5. The maximum Gasteiger partial charge on any atom is 0.119 e. The molecule has 1 heteroatoms. The van der Waals surface area contributed by atoms with Crippen LogP contribution in [0.25, 0.3) is 6.08 Å². The molecule has 0 amide bonds. The van der Waals surface area contributed by atoms with Crippen molar-refractivity contribution in [3.05, 3.63) is 36.4 Å². The molecule has 0 unspecified atom stereocenters. The summed E-state index contributed by atoms with van der Waals surface area (Å²) < 4.78 is 5.73. The summed E-state index contributed by atoms with van der Waals surface area (Å²) in [5, 5.41) is 0. The summed E-state index contributed by atoms with van der Waals surface area (Å²) in [4.78, 5) is 0. The van der Waals surface area contributed by atoms with Gasteiger partial charge in [0.2, 0.25) is 0 Å². The van der Waals surface area contributed by atoms with Crippen LogP contribution in [-0.4, -0.2) is 6.61 Å². The van der Waals surface area contributed by atoms with E-state index in [0.717, 1.165) is 24.3 Å². The maximum absolute atomic E-state index is 5.73. The molecule has 0 saturated heterocycles. The Bertz CT molecular complexity index is 339. The first-order valence-electron chi connectivity index (χ1n) is 8.22. The van der Waals surface area contributed by atoms with Gasteiger partial charge in [0.05, 0.1) is 6.61 Å². The normalized spacial score (nSPS) is 10.4. The lowest BCUT2D eigenvalue weighted by Gasteiger charge is -2.06.